The predicted octanol–water partition coefficient (Wildman–Crippen LogP) is 5.62. The summed E-state index contributed by atoms with van der Waals surface area (Å²) in [7, 11) is 0. The Morgan fingerprint density at radius 2 is 1.82 bits per heavy atom. The second-order valence-corrected chi connectivity index (χ2v) is 8.08. The first-order valence-corrected chi connectivity index (χ1v) is 11.1. The first-order chi connectivity index (χ1) is 16.5. The minimum atomic E-state index is -0.262. The number of ether oxygens (including phenoxy) is 3. The highest BCUT2D eigenvalue weighted by Crippen LogP contribution is 2.33. The average molecular weight is 497 g/mol. The normalized spacial score (nSPS) is 12.0. The Hall–Kier alpha value is -3.75. The molecule has 1 aromatic heterocycles. The van der Waals surface area contributed by atoms with Crippen molar-refractivity contribution >= 4 is 34.8 Å². The van der Waals surface area contributed by atoms with Crippen molar-refractivity contribution in [3.8, 4) is 34.6 Å². The maximum atomic E-state index is 12.7. The van der Waals surface area contributed by atoms with Crippen molar-refractivity contribution in [2.24, 2.45) is 0 Å². The zero-order valence-electron chi connectivity index (χ0n) is 17.9. The van der Waals surface area contributed by atoms with Gasteiger partial charge in [0.05, 0.1) is 22.3 Å². The first-order valence-electron chi connectivity index (χ1n) is 10.4. The second kappa shape index (κ2) is 9.24. The van der Waals surface area contributed by atoms with Gasteiger partial charge in [0.25, 0.3) is 5.91 Å². The lowest BCUT2D eigenvalue weighted by Gasteiger charge is -2.09. The monoisotopic (exact) mass is 496 g/mol. The number of halogens is 2. The van der Waals surface area contributed by atoms with E-state index in [1.54, 1.807) is 47.1 Å². The van der Waals surface area contributed by atoms with Gasteiger partial charge in [-0.2, -0.15) is 4.98 Å². The van der Waals surface area contributed by atoms with E-state index in [0.717, 1.165) is 11.3 Å². The fourth-order valence-electron chi connectivity index (χ4n) is 3.41. The van der Waals surface area contributed by atoms with Gasteiger partial charge in [-0.25, -0.2) is 4.68 Å². The third-order valence-corrected chi connectivity index (χ3v) is 5.78. The van der Waals surface area contributed by atoms with Crippen LogP contribution in [-0.2, 0) is 0 Å². The summed E-state index contributed by atoms with van der Waals surface area (Å²) in [5.74, 6) is 1.45. The highest BCUT2D eigenvalue weighted by atomic mass is 35.5. The molecule has 0 aliphatic carbocycles. The van der Waals surface area contributed by atoms with E-state index in [9.17, 15) is 4.79 Å². The fraction of sp³-hybridized carbons (Fsp3) is 0.125. The van der Waals surface area contributed by atoms with E-state index in [2.05, 4.69) is 15.4 Å². The number of aromatic nitrogens is 3. The molecule has 34 heavy (non-hydrogen) atoms. The summed E-state index contributed by atoms with van der Waals surface area (Å²) in [5, 5.41) is 8.20. The number of amides is 1. The Morgan fingerprint density at radius 1 is 1.03 bits per heavy atom. The molecule has 1 aliphatic heterocycles. The molecule has 0 saturated heterocycles. The summed E-state index contributed by atoms with van der Waals surface area (Å²) in [6.45, 7) is 2.44. The van der Waals surface area contributed by atoms with Crippen LogP contribution in [0.5, 0.6) is 17.5 Å². The van der Waals surface area contributed by atoms with Crippen LogP contribution in [0, 0.1) is 0 Å². The molecule has 0 atom stereocenters. The van der Waals surface area contributed by atoms with Gasteiger partial charge in [0.1, 0.15) is 0 Å². The Bertz CT molecular complexity index is 1370. The van der Waals surface area contributed by atoms with Crippen molar-refractivity contribution < 1.29 is 19.0 Å². The lowest BCUT2D eigenvalue weighted by atomic mass is 10.2. The molecule has 0 saturated carbocycles. The van der Waals surface area contributed by atoms with Gasteiger partial charge in [-0.15, -0.1) is 5.10 Å². The molecule has 8 nitrogen and oxygen atoms in total. The van der Waals surface area contributed by atoms with Crippen LogP contribution in [0.1, 0.15) is 17.3 Å². The van der Waals surface area contributed by atoms with Gasteiger partial charge in [-0.05, 0) is 67.6 Å². The number of hydrogen-bond acceptors (Lipinski definition) is 6. The summed E-state index contributed by atoms with van der Waals surface area (Å²) in [4.78, 5) is 17.2. The quantitative estimate of drug-likeness (QED) is 0.372. The van der Waals surface area contributed by atoms with Crippen molar-refractivity contribution in [3.05, 3.63) is 76.3 Å². The lowest BCUT2D eigenvalue weighted by Crippen LogP contribution is -2.11. The molecule has 1 N–H and O–H groups in total. The van der Waals surface area contributed by atoms with E-state index < -0.39 is 0 Å². The average Bonchev–Trinajstić information content (AvgIpc) is 3.48. The van der Waals surface area contributed by atoms with Gasteiger partial charge in [0.15, 0.2) is 17.3 Å². The lowest BCUT2D eigenvalue weighted by molar-refractivity contribution is 0.102. The van der Waals surface area contributed by atoms with Crippen molar-refractivity contribution in [2.75, 3.05) is 18.7 Å². The molecule has 0 fully saturated rings. The topological polar surface area (TPSA) is 87.5 Å². The molecule has 0 spiro atoms. The number of fused-ring (bicyclic) bond motifs is 1. The summed E-state index contributed by atoms with van der Waals surface area (Å²) >= 11 is 12.3. The second-order valence-electron chi connectivity index (χ2n) is 7.26. The summed E-state index contributed by atoms with van der Waals surface area (Å²) < 4.78 is 17.8. The first kappa shape index (κ1) is 22.1. The van der Waals surface area contributed by atoms with Crippen molar-refractivity contribution in [3.63, 3.8) is 0 Å². The zero-order valence-corrected chi connectivity index (χ0v) is 19.4. The van der Waals surface area contributed by atoms with Gasteiger partial charge < -0.3 is 19.5 Å². The minimum absolute atomic E-state index is 0.152. The van der Waals surface area contributed by atoms with Crippen LogP contribution >= 0.6 is 23.2 Å². The number of carbonyl (C=O) groups is 1. The van der Waals surface area contributed by atoms with Crippen molar-refractivity contribution in [1.29, 1.82) is 0 Å². The number of rotatable bonds is 6. The molecular formula is C24H18Cl2N4O4. The van der Waals surface area contributed by atoms with Gasteiger partial charge in [-0.1, -0.05) is 23.2 Å². The highest BCUT2D eigenvalue weighted by molar-refractivity contribution is 6.42. The van der Waals surface area contributed by atoms with Gasteiger partial charge >= 0.3 is 6.01 Å². The fourth-order valence-corrected chi connectivity index (χ4v) is 3.71. The molecule has 0 radical (unpaired) electrons. The van der Waals surface area contributed by atoms with E-state index in [-0.39, 0.29) is 18.7 Å². The molecule has 1 amide bonds. The predicted molar refractivity (Wildman–Crippen MR) is 129 cm³/mol. The Kier molecular flexibility index (Phi) is 6.00. The smallest absolute Gasteiger partial charge is 0.336 e. The van der Waals surface area contributed by atoms with Crippen LogP contribution in [-0.4, -0.2) is 34.1 Å². The van der Waals surface area contributed by atoms with Crippen molar-refractivity contribution in [2.45, 2.75) is 6.92 Å². The van der Waals surface area contributed by atoms with Crippen LogP contribution in [0.2, 0.25) is 10.0 Å². The number of anilines is 1. The van der Waals surface area contributed by atoms with E-state index >= 15 is 0 Å². The van der Waals surface area contributed by atoms with Crippen LogP contribution in [0.3, 0.4) is 0 Å². The SMILES string of the molecule is CCOc1nc(-c2ccc(Cl)c(Cl)c2)n(-c2ccc(NC(=O)c3ccc4c(c3)OCO4)cc2)n1. The molecule has 10 heteroatoms. The standard InChI is InChI=1S/C24H18Cl2N4O4/c1-2-32-24-28-22(14-3-9-18(25)19(26)11-14)30(29-24)17-7-5-16(6-8-17)27-23(31)15-4-10-20-21(12-15)34-13-33-20/h3-12H,2,13H2,1H3,(H,27,31). The van der Waals surface area contributed by atoms with Gasteiger partial charge in [-0.3, -0.25) is 4.79 Å². The summed E-state index contributed by atoms with van der Waals surface area (Å²) in [5.41, 5.74) is 2.54. The molecule has 3 aromatic carbocycles. The molecule has 172 valence electrons. The number of nitrogens with zero attached hydrogens (tertiary/aromatic N) is 3. The number of nitrogens with one attached hydrogen (secondary N) is 1. The van der Waals surface area contributed by atoms with Crippen LogP contribution in [0.15, 0.2) is 60.7 Å². The van der Waals surface area contributed by atoms with Crippen LogP contribution in [0.4, 0.5) is 5.69 Å². The Balaban J connectivity index is 1.40. The van der Waals surface area contributed by atoms with Gasteiger partial charge in [0, 0.05) is 16.8 Å². The maximum absolute atomic E-state index is 12.7. The Morgan fingerprint density at radius 3 is 2.59 bits per heavy atom. The molecular weight excluding hydrogens is 479 g/mol. The highest BCUT2D eigenvalue weighted by Gasteiger charge is 2.18. The molecule has 5 rings (SSSR count). The third-order valence-electron chi connectivity index (χ3n) is 5.04. The summed E-state index contributed by atoms with van der Waals surface area (Å²) in [6.07, 6.45) is 0. The largest absolute Gasteiger partial charge is 0.463 e. The van der Waals surface area contributed by atoms with Crippen LogP contribution in [0.25, 0.3) is 17.1 Å². The molecule has 4 aromatic rings. The number of carbonyl (C=O) groups excluding carboxylic acids is 1. The molecule has 1 aliphatic rings. The molecule has 0 unspecified atom stereocenters. The number of benzene rings is 3. The van der Waals surface area contributed by atoms with E-state index in [1.165, 1.54) is 0 Å². The zero-order chi connectivity index (χ0) is 23.7. The summed E-state index contributed by atoms with van der Waals surface area (Å²) in [6, 6.07) is 17.7. The van der Waals surface area contributed by atoms with Gasteiger partial charge in [0.2, 0.25) is 6.79 Å². The van der Waals surface area contributed by atoms with Crippen LogP contribution < -0.4 is 19.5 Å². The van der Waals surface area contributed by atoms with Crippen molar-refractivity contribution in [1.82, 2.24) is 14.8 Å². The molecule has 0 bridgehead atoms. The third kappa shape index (κ3) is 4.37. The van der Waals surface area contributed by atoms with E-state index in [4.69, 9.17) is 37.4 Å². The minimum Gasteiger partial charge on any atom is -0.463 e. The Labute approximate surface area is 205 Å². The number of hydrogen-bond donors (Lipinski definition) is 1. The van der Waals surface area contributed by atoms with E-state index in [0.29, 0.717) is 45.2 Å². The maximum Gasteiger partial charge on any atom is 0.336 e. The molecule has 2 heterocycles. The van der Waals surface area contributed by atoms with E-state index in [1.807, 2.05) is 25.1 Å².